The molecule has 0 bridgehead atoms. The zero-order valence-corrected chi connectivity index (χ0v) is 15.5. The minimum Gasteiger partial charge on any atom is -0.366 e. The Kier molecular flexibility index (Phi) is 6.24. The second kappa shape index (κ2) is 8.61. The number of nitrogens with zero attached hydrogens (tertiary/aromatic N) is 4. The molecule has 3 heterocycles. The van der Waals surface area contributed by atoms with Crippen molar-refractivity contribution in [1.82, 2.24) is 20.0 Å². The maximum absolute atomic E-state index is 12.8. The van der Waals surface area contributed by atoms with E-state index in [1.165, 1.54) is 0 Å². The highest BCUT2D eigenvalue weighted by atomic mass is 16.2. The average molecular weight is 345 g/mol. The molecule has 1 aromatic heterocycles. The first-order valence-corrected chi connectivity index (χ1v) is 9.67. The lowest BCUT2D eigenvalue weighted by molar-refractivity contribution is -0.138. The number of anilines is 1. The predicted molar refractivity (Wildman–Crippen MR) is 99.3 cm³/mol. The quantitative estimate of drug-likeness (QED) is 0.887. The third-order valence-electron chi connectivity index (χ3n) is 5.29. The third-order valence-corrected chi connectivity index (χ3v) is 5.29. The van der Waals surface area contributed by atoms with Crippen molar-refractivity contribution in [1.29, 1.82) is 0 Å². The van der Waals surface area contributed by atoms with Gasteiger partial charge in [-0.15, -0.1) is 5.10 Å². The highest BCUT2D eigenvalue weighted by Crippen LogP contribution is 2.23. The molecule has 6 heteroatoms. The summed E-state index contributed by atoms with van der Waals surface area (Å²) < 4.78 is 0. The van der Waals surface area contributed by atoms with Crippen LogP contribution in [-0.2, 0) is 4.79 Å². The van der Waals surface area contributed by atoms with E-state index < -0.39 is 0 Å². The Bertz CT molecular complexity index is 534. The van der Waals surface area contributed by atoms with Crippen LogP contribution in [0.4, 0.5) is 5.82 Å². The number of piperidine rings is 2. The van der Waals surface area contributed by atoms with Gasteiger partial charge in [-0.2, -0.15) is 5.10 Å². The van der Waals surface area contributed by atoms with E-state index in [0.29, 0.717) is 17.9 Å². The highest BCUT2D eigenvalue weighted by molar-refractivity contribution is 5.79. The molecule has 2 aliphatic heterocycles. The lowest BCUT2D eigenvalue weighted by Crippen LogP contribution is -2.47. The molecule has 1 amide bonds. The van der Waals surface area contributed by atoms with Gasteiger partial charge in [0.15, 0.2) is 0 Å². The number of aromatic nitrogens is 2. The summed E-state index contributed by atoms with van der Waals surface area (Å²) >= 11 is 0. The van der Waals surface area contributed by atoms with Crippen LogP contribution in [-0.4, -0.2) is 64.7 Å². The number of carbonyl (C=O) groups excluding carboxylic acids is 1. The van der Waals surface area contributed by atoms with Gasteiger partial charge in [0, 0.05) is 37.8 Å². The van der Waals surface area contributed by atoms with E-state index in [0.717, 1.165) is 64.2 Å². The number of hydrogen-bond acceptors (Lipinski definition) is 5. The van der Waals surface area contributed by atoms with E-state index in [1.807, 2.05) is 12.1 Å². The van der Waals surface area contributed by atoms with Crippen molar-refractivity contribution in [2.24, 2.45) is 11.8 Å². The van der Waals surface area contributed by atoms with Crippen LogP contribution in [0.1, 0.15) is 39.5 Å². The Morgan fingerprint density at radius 3 is 2.52 bits per heavy atom. The monoisotopic (exact) mass is 345 g/mol. The van der Waals surface area contributed by atoms with Crippen LogP contribution in [0.2, 0.25) is 0 Å². The van der Waals surface area contributed by atoms with Crippen molar-refractivity contribution in [3.05, 3.63) is 18.3 Å². The maximum atomic E-state index is 12.8. The predicted octanol–water partition coefficient (Wildman–Crippen LogP) is 2.25. The van der Waals surface area contributed by atoms with Gasteiger partial charge in [0.2, 0.25) is 5.91 Å². The summed E-state index contributed by atoms with van der Waals surface area (Å²) in [6, 6.07) is 4.21. The number of hydrogen-bond donors (Lipinski definition) is 1. The van der Waals surface area contributed by atoms with Crippen molar-refractivity contribution in [3.8, 4) is 0 Å². The summed E-state index contributed by atoms with van der Waals surface area (Å²) in [6.45, 7) is 9.51. The Hall–Kier alpha value is -1.69. The Balaban J connectivity index is 1.41. The summed E-state index contributed by atoms with van der Waals surface area (Å²) in [5, 5.41) is 11.4. The van der Waals surface area contributed by atoms with Crippen LogP contribution in [0.25, 0.3) is 0 Å². The average Bonchev–Trinajstić information content (AvgIpc) is 2.63. The summed E-state index contributed by atoms with van der Waals surface area (Å²) in [6.07, 6.45) is 5.68. The maximum Gasteiger partial charge on any atom is 0.225 e. The largest absolute Gasteiger partial charge is 0.366 e. The molecule has 25 heavy (non-hydrogen) atoms. The molecule has 138 valence electrons. The minimum atomic E-state index is 0.230. The van der Waals surface area contributed by atoms with Crippen LogP contribution in [0.3, 0.4) is 0 Å². The first kappa shape index (κ1) is 18.1. The van der Waals surface area contributed by atoms with Gasteiger partial charge in [-0.1, -0.05) is 13.8 Å². The Morgan fingerprint density at radius 2 is 1.92 bits per heavy atom. The van der Waals surface area contributed by atoms with Crippen molar-refractivity contribution in [3.63, 3.8) is 0 Å². The minimum absolute atomic E-state index is 0.230. The third kappa shape index (κ3) is 5.14. The summed E-state index contributed by atoms with van der Waals surface area (Å²) in [4.78, 5) is 17.4. The van der Waals surface area contributed by atoms with E-state index in [-0.39, 0.29) is 5.92 Å². The normalized spacial score (nSPS) is 20.8. The van der Waals surface area contributed by atoms with Crippen LogP contribution < -0.4 is 5.32 Å². The molecule has 3 rings (SSSR count). The smallest absolute Gasteiger partial charge is 0.225 e. The second-order valence-electron chi connectivity index (χ2n) is 7.82. The number of amides is 1. The molecule has 0 atom stereocenters. The van der Waals surface area contributed by atoms with Gasteiger partial charge >= 0.3 is 0 Å². The second-order valence-corrected chi connectivity index (χ2v) is 7.82. The lowest BCUT2D eigenvalue weighted by atomic mass is 9.93. The molecule has 0 spiro atoms. The van der Waals surface area contributed by atoms with E-state index in [9.17, 15) is 4.79 Å². The van der Waals surface area contributed by atoms with Crippen LogP contribution in [0.15, 0.2) is 18.3 Å². The molecule has 0 unspecified atom stereocenters. The molecule has 6 nitrogen and oxygen atoms in total. The molecule has 2 fully saturated rings. The standard InChI is InChI=1S/C19H31N5O/c1-15(2)14-23-10-5-16(6-11-23)19(25)24-12-7-17(8-13-24)21-18-4-3-9-20-22-18/h3-4,9,15-17H,5-8,10-14H2,1-2H3,(H,21,22). The summed E-state index contributed by atoms with van der Waals surface area (Å²) in [5.74, 6) is 2.13. The van der Waals surface area contributed by atoms with Gasteiger partial charge in [-0.3, -0.25) is 4.79 Å². The van der Waals surface area contributed by atoms with Crippen molar-refractivity contribution < 1.29 is 4.79 Å². The molecule has 0 aromatic carbocycles. The van der Waals surface area contributed by atoms with Gasteiger partial charge < -0.3 is 15.1 Å². The molecule has 1 aromatic rings. The van der Waals surface area contributed by atoms with Crippen molar-refractivity contribution in [2.75, 3.05) is 38.0 Å². The van der Waals surface area contributed by atoms with Gasteiger partial charge in [0.1, 0.15) is 5.82 Å². The number of likely N-dealkylation sites (tertiary alicyclic amines) is 2. The van der Waals surface area contributed by atoms with Gasteiger partial charge in [0.25, 0.3) is 0 Å². The van der Waals surface area contributed by atoms with Crippen molar-refractivity contribution >= 4 is 11.7 Å². The molecule has 0 radical (unpaired) electrons. The molecule has 1 N–H and O–H groups in total. The molecular weight excluding hydrogens is 314 g/mol. The SMILES string of the molecule is CC(C)CN1CCC(C(=O)N2CCC(Nc3cccnn3)CC2)CC1. The fraction of sp³-hybridized carbons (Fsp3) is 0.737. The van der Waals surface area contributed by atoms with E-state index in [1.54, 1.807) is 6.20 Å². The van der Waals surface area contributed by atoms with Gasteiger partial charge in [-0.05, 0) is 56.8 Å². The number of carbonyl (C=O) groups is 1. The number of rotatable bonds is 5. The van der Waals surface area contributed by atoms with Crippen LogP contribution >= 0.6 is 0 Å². The van der Waals surface area contributed by atoms with E-state index in [4.69, 9.17) is 0 Å². The zero-order chi connectivity index (χ0) is 17.6. The first-order chi connectivity index (χ1) is 12.1. The van der Waals surface area contributed by atoms with Gasteiger partial charge in [-0.25, -0.2) is 0 Å². The van der Waals surface area contributed by atoms with E-state index >= 15 is 0 Å². The Morgan fingerprint density at radius 1 is 1.20 bits per heavy atom. The van der Waals surface area contributed by atoms with Crippen LogP contribution in [0.5, 0.6) is 0 Å². The van der Waals surface area contributed by atoms with Gasteiger partial charge in [0.05, 0.1) is 0 Å². The van der Waals surface area contributed by atoms with Crippen LogP contribution in [0, 0.1) is 11.8 Å². The molecule has 0 aliphatic carbocycles. The van der Waals surface area contributed by atoms with Crippen molar-refractivity contribution in [2.45, 2.75) is 45.6 Å². The lowest BCUT2D eigenvalue weighted by Gasteiger charge is -2.37. The topological polar surface area (TPSA) is 61.4 Å². The molecule has 2 saturated heterocycles. The fourth-order valence-electron chi connectivity index (χ4n) is 3.97. The highest BCUT2D eigenvalue weighted by Gasteiger charge is 2.31. The van der Waals surface area contributed by atoms with E-state index in [2.05, 4.69) is 39.2 Å². The molecular formula is C19H31N5O. The Labute approximate surface area is 151 Å². The molecule has 0 saturated carbocycles. The number of nitrogens with one attached hydrogen (secondary N) is 1. The first-order valence-electron chi connectivity index (χ1n) is 9.67. The fourth-order valence-corrected chi connectivity index (χ4v) is 3.97. The summed E-state index contributed by atoms with van der Waals surface area (Å²) in [7, 11) is 0. The molecule has 2 aliphatic rings. The zero-order valence-electron chi connectivity index (χ0n) is 15.5. The summed E-state index contributed by atoms with van der Waals surface area (Å²) in [5.41, 5.74) is 0.